The van der Waals surface area contributed by atoms with Gasteiger partial charge in [0.25, 0.3) is 5.91 Å². The van der Waals surface area contributed by atoms with Crippen LogP contribution in [0.1, 0.15) is 13.8 Å². The maximum Gasteiger partial charge on any atom is 0.413 e. The molecule has 0 radical (unpaired) electrons. The van der Waals surface area contributed by atoms with Crippen molar-refractivity contribution in [3.05, 3.63) is 24.3 Å². The Bertz CT molecular complexity index is 541. The number of hydrogen-bond acceptors (Lipinski definition) is 7. The normalized spacial score (nSPS) is 11.1. The molecule has 0 aromatic heterocycles. The Balaban J connectivity index is 2.38. The van der Waals surface area contributed by atoms with Gasteiger partial charge in [-0.25, -0.2) is 9.59 Å². The Labute approximate surface area is 133 Å². The minimum absolute atomic E-state index is 0.371. The van der Waals surface area contributed by atoms with Crippen LogP contribution in [-0.2, 0) is 19.1 Å². The Morgan fingerprint density at radius 1 is 1.09 bits per heavy atom. The fraction of sp³-hybridized carbons (Fsp3) is 0.400. The third-order valence-corrected chi connectivity index (χ3v) is 2.58. The van der Waals surface area contributed by atoms with Crippen molar-refractivity contribution in [2.75, 3.05) is 20.3 Å². The zero-order valence-electron chi connectivity index (χ0n) is 13.2. The van der Waals surface area contributed by atoms with Gasteiger partial charge >= 0.3 is 12.1 Å². The summed E-state index contributed by atoms with van der Waals surface area (Å²) in [7, 11) is 1.12. The van der Waals surface area contributed by atoms with E-state index in [9.17, 15) is 14.4 Å². The van der Waals surface area contributed by atoms with E-state index in [0.29, 0.717) is 18.1 Å². The van der Waals surface area contributed by atoms with E-state index in [4.69, 9.17) is 14.2 Å². The molecule has 0 aliphatic rings. The molecule has 1 rings (SSSR count). The van der Waals surface area contributed by atoms with E-state index in [1.807, 2.05) is 12.2 Å². The van der Waals surface area contributed by atoms with E-state index in [-0.39, 0.29) is 6.61 Å². The summed E-state index contributed by atoms with van der Waals surface area (Å²) in [4.78, 5) is 33.9. The summed E-state index contributed by atoms with van der Waals surface area (Å²) >= 11 is 0. The number of hydrogen-bond donors (Lipinski definition) is 1. The van der Waals surface area contributed by atoms with E-state index in [1.54, 1.807) is 24.3 Å². The Morgan fingerprint density at radius 3 is 2.17 bits per heavy atom. The molecule has 8 heteroatoms. The number of esters is 1. The van der Waals surface area contributed by atoms with Crippen LogP contribution in [0.3, 0.4) is 0 Å². The van der Waals surface area contributed by atoms with Crippen LogP contribution in [0.15, 0.2) is 24.3 Å². The molecule has 0 saturated heterocycles. The van der Waals surface area contributed by atoms with Gasteiger partial charge in [-0.15, -0.1) is 0 Å². The molecular formula is C15H19NO7. The van der Waals surface area contributed by atoms with Gasteiger partial charge in [-0.2, -0.15) is 0 Å². The van der Waals surface area contributed by atoms with Gasteiger partial charge in [0.15, 0.2) is 12.7 Å². The highest BCUT2D eigenvalue weighted by molar-refractivity contribution is 5.95. The van der Waals surface area contributed by atoms with Gasteiger partial charge in [0, 0.05) is 0 Å². The van der Waals surface area contributed by atoms with Gasteiger partial charge < -0.3 is 18.9 Å². The molecule has 8 nitrogen and oxygen atoms in total. The molecule has 1 atom stereocenters. The first kappa shape index (κ1) is 18.3. The molecule has 0 fully saturated rings. The standard InChI is InChI=1S/C15H19NO7/c1-4-21-11-5-7-12(8-6-11)22-9-13(17)23-10(2)14(18)16-15(19)20-3/h5-8,10H,4,9H2,1-3H3,(H,16,18,19)/t10-/m1/s1. The van der Waals surface area contributed by atoms with Gasteiger partial charge in [0.2, 0.25) is 0 Å². The van der Waals surface area contributed by atoms with Crippen LogP contribution in [0, 0.1) is 0 Å². The minimum atomic E-state index is -1.15. The predicted octanol–water partition coefficient (Wildman–Crippen LogP) is 1.28. The average molecular weight is 325 g/mol. The molecule has 0 aliphatic heterocycles. The largest absolute Gasteiger partial charge is 0.494 e. The highest BCUT2D eigenvalue weighted by Crippen LogP contribution is 2.17. The molecule has 2 amide bonds. The molecular weight excluding hydrogens is 306 g/mol. The quantitative estimate of drug-likeness (QED) is 0.754. The Hall–Kier alpha value is -2.77. The van der Waals surface area contributed by atoms with Crippen LogP contribution in [0.4, 0.5) is 4.79 Å². The van der Waals surface area contributed by atoms with E-state index in [2.05, 4.69) is 4.74 Å². The molecule has 1 N–H and O–H groups in total. The lowest BCUT2D eigenvalue weighted by atomic mass is 10.3. The van der Waals surface area contributed by atoms with Crippen molar-refractivity contribution in [3.8, 4) is 11.5 Å². The second-order valence-corrected chi connectivity index (χ2v) is 4.31. The van der Waals surface area contributed by atoms with Crippen molar-refractivity contribution in [2.45, 2.75) is 20.0 Å². The van der Waals surface area contributed by atoms with Gasteiger partial charge in [-0.05, 0) is 38.1 Å². The molecule has 126 valence electrons. The van der Waals surface area contributed by atoms with Crippen molar-refractivity contribution in [2.24, 2.45) is 0 Å². The lowest BCUT2D eigenvalue weighted by Gasteiger charge is -2.13. The third kappa shape index (κ3) is 6.68. The van der Waals surface area contributed by atoms with E-state index in [1.165, 1.54) is 6.92 Å². The maximum atomic E-state index is 11.6. The van der Waals surface area contributed by atoms with Crippen molar-refractivity contribution in [1.82, 2.24) is 5.32 Å². The van der Waals surface area contributed by atoms with Crippen LogP contribution in [-0.4, -0.2) is 44.4 Å². The van der Waals surface area contributed by atoms with E-state index < -0.39 is 24.1 Å². The van der Waals surface area contributed by atoms with E-state index >= 15 is 0 Å². The SMILES string of the molecule is CCOc1ccc(OCC(=O)O[C@H](C)C(=O)NC(=O)OC)cc1. The highest BCUT2D eigenvalue weighted by atomic mass is 16.6. The second-order valence-electron chi connectivity index (χ2n) is 4.31. The fourth-order valence-electron chi connectivity index (χ4n) is 1.48. The van der Waals surface area contributed by atoms with Crippen LogP contribution in [0.2, 0.25) is 0 Å². The first-order valence-corrected chi connectivity index (χ1v) is 6.90. The summed E-state index contributed by atoms with van der Waals surface area (Å²) < 4.78 is 19.6. The molecule has 0 saturated carbocycles. The van der Waals surface area contributed by atoms with Crippen molar-refractivity contribution >= 4 is 18.0 Å². The molecule has 0 heterocycles. The topological polar surface area (TPSA) is 100 Å². The van der Waals surface area contributed by atoms with Crippen LogP contribution in [0.5, 0.6) is 11.5 Å². The number of imide groups is 1. The van der Waals surface area contributed by atoms with Crippen molar-refractivity contribution in [3.63, 3.8) is 0 Å². The monoisotopic (exact) mass is 325 g/mol. The summed E-state index contributed by atoms with van der Waals surface area (Å²) in [6.07, 6.45) is -2.07. The number of ether oxygens (including phenoxy) is 4. The number of rotatable bonds is 7. The number of carbonyl (C=O) groups excluding carboxylic acids is 3. The smallest absolute Gasteiger partial charge is 0.413 e. The molecule has 23 heavy (non-hydrogen) atoms. The zero-order chi connectivity index (χ0) is 17.2. The number of nitrogens with one attached hydrogen (secondary N) is 1. The molecule has 0 spiro atoms. The average Bonchev–Trinajstić information content (AvgIpc) is 2.54. The first-order chi connectivity index (χ1) is 11.0. The summed E-state index contributed by atoms with van der Waals surface area (Å²) in [5.41, 5.74) is 0. The van der Waals surface area contributed by atoms with Gasteiger partial charge in [-0.3, -0.25) is 10.1 Å². The number of benzene rings is 1. The number of alkyl carbamates (subject to hydrolysis) is 1. The summed E-state index contributed by atoms with van der Waals surface area (Å²) in [5.74, 6) is -0.384. The predicted molar refractivity (Wildman–Crippen MR) is 79.2 cm³/mol. The lowest BCUT2D eigenvalue weighted by molar-refractivity contribution is -0.156. The van der Waals surface area contributed by atoms with Crippen LogP contribution < -0.4 is 14.8 Å². The third-order valence-electron chi connectivity index (χ3n) is 2.58. The van der Waals surface area contributed by atoms with E-state index in [0.717, 1.165) is 7.11 Å². The molecule has 0 aliphatic carbocycles. The molecule has 0 unspecified atom stereocenters. The highest BCUT2D eigenvalue weighted by Gasteiger charge is 2.20. The maximum absolute atomic E-state index is 11.6. The molecule has 0 bridgehead atoms. The second kappa shape index (κ2) is 9.29. The number of carbonyl (C=O) groups is 3. The Morgan fingerprint density at radius 2 is 1.65 bits per heavy atom. The van der Waals surface area contributed by atoms with Gasteiger partial charge in [0.05, 0.1) is 13.7 Å². The molecule has 1 aromatic rings. The fourth-order valence-corrected chi connectivity index (χ4v) is 1.48. The van der Waals surface area contributed by atoms with Gasteiger partial charge in [0.1, 0.15) is 11.5 Å². The van der Waals surface area contributed by atoms with Crippen LogP contribution in [0.25, 0.3) is 0 Å². The summed E-state index contributed by atoms with van der Waals surface area (Å²) in [5, 5.41) is 1.89. The van der Waals surface area contributed by atoms with Crippen molar-refractivity contribution < 1.29 is 33.3 Å². The first-order valence-electron chi connectivity index (χ1n) is 6.90. The summed E-state index contributed by atoms with van der Waals surface area (Å²) in [6.45, 7) is 3.38. The molecule has 1 aromatic carbocycles. The van der Waals surface area contributed by atoms with Crippen LogP contribution >= 0.6 is 0 Å². The van der Waals surface area contributed by atoms with Crippen molar-refractivity contribution in [1.29, 1.82) is 0 Å². The lowest BCUT2D eigenvalue weighted by Crippen LogP contribution is -2.40. The zero-order valence-corrected chi connectivity index (χ0v) is 13.2. The minimum Gasteiger partial charge on any atom is -0.494 e. The summed E-state index contributed by atoms with van der Waals surface area (Å²) in [6, 6.07) is 6.70. The number of methoxy groups -OCH3 is 1. The van der Waals surface area contributed by atoms with Gasteiger partial charge in [-0.1, -0.05) is 0 Å². The number of amides is 2. The Kier molecular flexibility index (Phi) is 7.38.